The van der Waals surface area contributed by atoms with Crippen molar-refractivity contribution in [1.29, 1.82) is 0 Å². The largest absolute Gasteiger partial charge is 0.456 e. The van der Waals surface area contributed by atoms with Crippen LogP contribution in [0.3, 0.4) is 0 Å². The molecule has 0 aliphatic heterocycles. The molecule has 2 aromatic heterocycles. The zero-order chi connectivity index (χ0) is 34.9. The lowest BCUT2D eigenvalue weighted by atomic mass is 9.97. The summed E-state index contributed by atoms with van der Waals surface area (Å²) >= 11 is 1.87. The van der Waals surface area contributed by atoms with Crippen LogP contribution in [0.4, 0.5) is 17.1 Å². The van der Waals surface area contributed by atoms with Crippen LogP contribution in [-0.4, -0.2) is 0 Å². The van der Waals surface area contributed by atoms with Gasteiger partial charge in [0.1, 0.15) is 11.2 Å². The molecule has 0 aliphatic carbocycles. The van der Waals surface area contributed by atoms with Crippen LogP contribution in [0, 0.1) is 0 Å². The molecule has 53 heavy (non-hydrogen) atoms. The highest BCUT2D eigenvalue weighted by molar-refractivity contribution is 7.26. The predicted octanol–water partition coefficient (Wildman–Crippen LogP) is 15.1. The molecule has 2 nitrogen and oxygen atoms in total. The van der Waals surface area contributed by atoms with Crippen LogP contribution in [0.1, 0.15) is 0 Å². The normalized spacial score (nSPS) is 11.8. The van der Waals surface area contributed by atoms with Crippen molar-refractivity contribution in [1.82, 2.24) is 0 Å². The van der Waals surface area contributed by atoms with E-state index in [1.54, 1.807) is 0 Å². The molecule has 248 valence electrons. The molecule has 0 spiro atoms. The molecule has 0 atom stereocenters. The average molecular weight is 694 g/mol. The number of furan rings is 1. The van der Waals surface area contributed by atoms with E-state index in [0.717, 1.165) is 39.0 Å². The highest BCUT2D eigenvalue weighted by atomic mass is 32.1. The van der Waals surface area contributed by atoms with Gasteiger partial charge in [0.05, 0.1) is 16.8 Å². The van der Waals surface area contributed by atoms with Crippen molar-refractivity contribution < 1.29 is 4.42 Å². The molecule has 0 unspecified atom stereocenters. The number of thiophene rings is 1. The Kier molecular flexibility index (Phi) is 6.76. The number of fused-ring (bicyclic) bond motifs is 9. The monoisotopic (exact) mass is 693 g/mol. The highest BCUT2D eigenvalue weighted by Crippen LogP contribution is 2.50. The minimum Gasteiger partial charge on any atom is -0.456 e. The van der Waals surface area contributed by atoms with Crippen LogP contribution in [0.25, 0.3) is 85.9 Å². The molecule has 0 saturated heterocycles. The van der Waals surface area contributed by atoms with E-state index in [2.05, 4.69) is 187 Å². The fraction of sp³-hybridized carbons (Fsp3) is 0. The minimum absolute atomic E-state index is 0.876. The molecule has 0 fully saturated rings. The first kappa shape index (κ1) is 30.0. The van der Waals surface area contributed by atoms with E-state index in [4.69, 9.17) is 4.42 Å². The average Bonchev–Trinajstić information content (AvgIpc) is 3.81. The van der Waals surface area contributed by atoms with Crippen molar-refractivity contribution in [3.8, 4) is 22.3 Å². The molecule has 11 aromatic rings. The maximum Gasteiger partial charge on any atom is 0.137 e. The number of hydrogen-bond donors (Lipinski definition) is 0. The summed E-state index contributed by atoms with van der Waals surface area (Å²) in [6.07, 6.45) is 0. The van der Waals surface area contributed by atoms with Crippen LogP contribution in [0.2, 0.25) is 0 Å². The zero-order valence-corrected chi connectivity index (χ0v) is 29.5. The van der Waals surface area contributed by atoms with E-state index in [9.17, 15) is 0 Å². The number of benzene rings is 9. The van der Waals surface area contributed by atoms with Crippen molar-refractivity contribution in [3.63, 3.8) is 0 Å². The maximum absolute atomic E-state index is 6.45. The lowest BCUT2D eigenvalue weighted by Gasteiger charge is -2.28. The number of para-hydroxylation sites is 1. The predicted molar refractivity (Wildman–Crippen MR) is 227 cm³/mol. The van der Waals surface area contributed by atoms with Crippen LogP contribution in [-0.2, 0) is 0 Å². The molecule has 0 N–H and O–H groups in total. The van der Waals surface area contributed by atoms with Gasteiger partial charge in [-0.3, -0.25) is 0 Å². The molecular formula is C50H31NOS. The van der Waals surface area contributed by atoms with Crippen molar-refractivity contribution in [2.45, 2.75) is 0 Å². The highest BCUT2D eigenvalue weighted by Gasteiger charge is 2.24. The Bertz CT molecular complexity index is 3170. The molecule has 0 aliphatic rings. The number of rotatable bonds is 5. The second kappa shape index (κ2) is 11.9. The Hall–Kier alpha value is -6.68. The zero-order valence-electron chi connectivity index (χ0n) is 28.7. The first-order valence-corrected chi connectivity index (χ1v) is 18.8. The summed E-state index contributed by atoms with van der Waals surface area (Å²) in [6, 6.07) is 68.0. The van der Waals surface area contributed by atoms with Crippen molar-refractivity contribution in [3.05, 3.63) is 188 Å². The summed E-state index contributed by atoms with van der Waals surface area (Å²) in [5.41, 5.74) is 9.92. The third kappa shape index (κ3) is 4.78. The van der Waals surface area contributed by atoms with Gasteiger partial charge < -0.3 is 9.32 Å². The van der Waals surface area contributed by atoms with E-state index in [1.807, 2.05) is 17.4 Å². The van der Waals surface area contributed by atoms with Gasteiger partial charge in [-0.25, -0.2) is 0 Å². The summed E-state index contributed by atoms with van der Waals surface area (Å²) in [4.78, 5) is 2.44. The molecule has 11 rings (SSSR count). The molecule has 0 bridgehead atoms. The van der Waals surface area contributed by atoms with Gasteiger partial charge in [0.15, 0.2) is 0 Å². The van der Waals surface area contributed by atoms with Gasteiger partial charge in [0, 0.05) is 31.2 Å². The summed E-state index contributed by atoms with van der Waals surface area (Å²) in [5, 5.41) is 9.79. The fourth-order valence-electron chi connectivity index (χ4n) is 8.18. The first-order chi connectivity index (χ1) is 26.3. The molecule has 0 amide bonds. The number of nitrogens with zero attached hydrogens (tertiary/aromatic N) is 1. The summed E-state index contributed by atoms with van der Waals surface area (Å²) in [5.74, 6) is 0. The Morgan fingerprint density at radius 1 is 0.396 bits per heavy atom. The summed E-state index contributed by atoms with van der Waals surface area (Å²) in [7, 11) is 0. The Balaban J connectivity index is 1.16. The van der Waals surface area contributed by atoms with Crippen molar-refractivity contribution in [2.24, 2.45) is 0 Å². The van der Waals surface area contributed by atoms with Crippen LogP contribution in [0.5, 0.6) is 0 Å². The molecule has 0 saturated carbocycles. The molecule has 3 heteroatoms. The Morgan fingerprint density at radius 2 is 1.06 bits per heavy atom. The molecular weight excluding hydrogens is 663 g/mol. The van der Waals surface area contributed by atoms with Gasteiger partial charge in [0.25, 0.3) is 0 Å². The molecule has 0 radical (unpaired) electrons. The van der Waals surface area contributed by atoms with Gasteiger partial charge in [-0.05, 0) is 92.3 Å². The van der Waals surface area contributed by atoms with E-state index in [0.29, 0.717) is 0 Å². The second-order valence-electron chi connectivity index (χ2n) is 13.7. The topological polar surface area (TPSA) is 16.4 Å². The van der Waals surface area contributed by atoms with Crippen LogP contribution in [0.15, 0.2) is 192 Å². The van der Waals surface area contributed by atoms with Crippen molar-refractivity contribution in [2.75, 3.05) is 4.90 Å². The van der Waals surface area contributed by atoms with Gasteiger partial charge in [-0.1, -0.05) is 140 Å². The quantitative estimate of drug-likeness (QED) is 0.167. The van der Waals surface area contributed by atoms with Gasteiger partial charge in [-0.2, -0.15) is 0 Å². The van der Waals surface area contributed by atoms with Gasteiger partial charge in [-0.15, -0.1) is 11.3 Å². The fourth-order valence-corrected chi connectivity index (χ4v) is 9.44. The Labute approximate surface area is 310 Å². The van der Waals surface area contributed by atoms with E-state index >= 15 is 0 Å². The second-order valence-corrected chi connectivity index (χ2v) is 14.7. The lowest BCUT2D eigenvalue weighted by Crippen LogP contribution is -2.11. The van der Waals surface area contributed by atoms with Crippen molar-refractivity contribution >= 4 is 92.1 Å². The smallest absolute Gasteiger partial charge is 0.137 e. The van der Waals surface area contributed by atoms with Gasteiger partial charge >= 0.3 is 0 Å². The van der Waals surface area contributed by atoms with Crippen LogP contribution < -0.4 is 4.90 Å². The van der Waals surface area contributed by atoms with Gasteiger partial charge in [0.2, 0.25) is 0 Å². The minimum atomic E-state index is 0.876. The maximum atomic E-state index is 6.45. The van der Waals surface area contributed by atoms with Crippen LogP contribution >= 0.6 is 11.3 Å². The first-order valence-electron chi connectivity index (χ1n) is 18.0. The Morgan fingerprint density at radius 3 is 1.92 bits per heavy atom. The standard InChI is InChI=1S/C50H31NOS/c1-2-11-33(12-3-1)39-29-30-44(49-41-16-7-9-20-47(41)53-50(39)49)51(43-17-10-19-46-48(43)40-15-6-8-18-45(40)52-46)37-27-25-32(26-28-37)36-24-23-35-22-21-34-13-4-5-14-38(34)42(35)31-36/h1-31H. The van der Waals surface area contributed by atoms with E-state index < -0.39 is 0 Å². The molecule has 9 aromatic carbocycles. The SMILES string of the molecule is c1ccc(-c2ccc(N(c3ccc(-c4ccc5ccc6ccccc6c5c4)cc3)c3cccc4oc5ccccc5c34)c3c2sc2ccccc23)cc1. The summed E-state index contributed by atoms with van der Waals surface area (Å²) in [6.45, 7) is 0. The van der Waals surface area contributed by atoms with E-state index in [-0.39, 0.29) is 0 Å². The third-order valence-corrected chi connectivity index (χ3v) is 11.9. The third-order valence-electron chi connectivity index (χ3n) is 10.7. The molecule has 2 heterocycles. The summed E-state index contributed by atoms with van der Waals surface area (Å²) < 4.78 is 9.01. The number of anilines is 3. The van der Waals surface area contributed by atoms with E-state index in [1.165, 1.54) is 64.0 Å². The number of hydrogen-bond acceptors (Lipinski definition) is 3. The lowest BCUT2D eigenvalue weighted by molar-refractivity contribution is 0.669.